The van der Waals surface area contributed by atoms with Crippen LogP contribution in [0.3, 0.4) is 0 Å². The molecule has 134 valence electrons. The Kier molecular flexibility index (Phi) is 7.53. The molecule has 2 atom stereocenters. The number of amides is 2. The Balaban J connectivity index is 1.71. The van der Waals surface area contributed by atoms with Crippen LogP contribution in [0.4, 0.5) is 4.79 Å². The monoisotopic (exact) mass is 333 g/mol. The highest BCUT2D eigenvalue weighted by molar-refractivity contribution is 5.74. The first-order chi connectivity index (χ1) is 11.6. The van der Waals surface area contributed by atoms with Crippen LogP contribution in [0.1, 0.15) is 32.3 Å². The van der Waals surface area contributed by atoms with Crippen molar-refractivity contribution < 1.29 is 9.53 Å². The summed E-state index contributed by atoms with van der Waals surface area (Å²) in [6, 6.07) is 11.2. The van der Waals surface area contributed by atoms with Crippen LogP contribution >= 0.6 is 0 Å². The van der Waals surface area contributed by atoms with E-state index >= 15 is 0 Å². The molecule has 5 heteroatoms. The number of ether oxygens (including phenoxy) is 1. The van der Waals surface area contributed by atoms with Crippen molar-refractivity contribution in [3.05, 3.63) is 35.9 Å². The lowest BCUT2D eigenvalue weighted by molar-refractivity contribution is 0.141. The van der Waals surface area contributed by atoms with Gasteiger partial charge >= 0.3 is 6.03 Å². The smallest absolute Gasteiger partial charge is 0.317 e. The summed E-state index contributed by atoms with van der Waals surface area (Å²) in [6.45, 7) is 7.97. The Labute approximate surface area is 146 Å². The average Bonchev–Trinajstić information content (AvgIpc) is 2.80. The summed E-state index contributed by atoms with van der Waals surface area (Å²) < 4.78 is 5.45. The van der Waals surface area contributed by atoms with E-state index in [1.54, 1.807) is 0 Å². The lowest BCUT2D eigenvalue weighted by Crippen LogP contribution is -2.46. The number of hydrogen-bond donors (Lipinski definition) is 1. The van der Waals surface area contributed by atoms with E-state index in [4.69, 9.17) is 4.74 Å². The molecule has 1 saturated heterocycles. The molecule has 1 N–H and O–H groups in total. The van der Waals surface area contributed by atoms with Crippen LogP contribution in [0.15, 0.2) is 30.3 Å². The second-order valence-electron chi connectivity index (χ2n) is 6.71. The molecule has 1 aromatic rings. The standard InChI is InChI=1S/C19H31N3O2/c1-16(21(3)15-18-7-5-4-6-8-18)9-11-20-19(23)22-12-14-24-13-10-17(22)2/h4-8,16-17H,9-15H2,1-3H3,(H,20,23)/t16-,17-/m1/s1. The molecule has 5 nitrogen and oxygen atoms in total. The van der Waals surface area contributed by atoms with Gasteiger partial charge in [-0.05, 0) is 39.3 Å². The molecule has 0 aromatic heterocycles. The minimum Gasteiger partial charge on any atom is -0.380 e. The Morgan fingerprint density at radius 2 is 2.12 bits per heavy atom. The van der Waals surface area contributed by atoms with E-state index in [9.17, 15) is 4.79 Å². The highest BCUT2D eigenvalue weighted by Crippen LogP contribution is 2.10. The molecule has 1 fully saturated rings. The van der Waals surface area contributed by atoms with E-state index < -0.39 is 0 Å². The lowest BCUT2D eigenvalue weighted by Gasteiger charge is -2.28. The molecule has 2 amide bonds. The maximum absolute atomic E-state index is 12.3. The van der Waals surface area contributed by atoms with Crippen molar-refractivity contribution in [2.75, 3.05) is 33.4 Å². The van der Waals surface area contributed by atoms with Crippen LogP contribution < -0.4 is 5.32 Å². The van der Waals surface area contributed by atoms with E-state index in [0.717, 1.165) is 26.0 Å². The molecule has 1 aliphatic rings. The molecule has 0 unspecified atom stereocenters. The Morgan fingerprint density at radius 1 is 1.38 bits per heavy atom. The van der Waals surface area contributed by atoms with Crippen molar-refractivity contribution in [2.45, 2.75) is 45.3 Å². The third-order valence-electron chi connectivity index (χ3n) is 4.81. The minimum absolute atomic E-state index is 0.0333. The van der Waals surface area contributed by atoms with Crippen molar-refractivity contribution in [3.8, 4) is 0 Å². The van der Waals surface area contributed by atoms with Crippen molar-refractivity contribution in [3.63, 3.8) is 0 Å². The van der Waals surface area contributed by atoms with Gasteiger partial charge in [0.1, 0.15) is 0 Å². The topological polar surface area (TPSA) is 44.8 Å². The van der Waals surface area contributed by atoms with Crippen LogP contribution in [0.2, 0.25) is 0 Å². The number of carbonyl (C=O) groups is 1. The third kappa shape index (κ3) is 5.80. The molecule has 1 aromatic carbocycles. The molecule has 1 heterocycles. The van der Waals surface area contributed by atoms with Gasteiger partial charge in [0.05, 0.1) is 6.61 Å². The molecule has 0 spiro atoms. The number of carbonyl (C=O) groups excluding carboxylic acids is 1. The summed E-state index contributed by atoms with van der Waals surface area (Å²) >= 11 is 0. The van der Waals surface area contributed by atoms with Crippen LogP contribution in [0, 0.1) is 0 Å². The Hall–Kier alpha value is -1.59. The molecule has 0 aliphatic carbocycles. The Morgan fingerprint density at radius 3 is 2.88 bits per heavy atom. The van der Waals surface area contributed by atoms with Crippen LogP contribution in [-0.2, 0) is 11.3 Å². The number of benzene rings is 1. The highest BCUT2D eigenvalue weighted by Gasteiger charge is 2.22. The van der Waals surface area contributed by atoms with E-state index in [1.165, 1.54) is 5.56 Å². The summed E-state index contributed by atoms with van der Waals surface area (Å²) in [5, 5.41) is 3.06. The van der Waals surface area contributed by atoms with E-state index in [1.807, 2.05) is 11.0 Å². The van der Waals surface area contributed by atoms with Crippen LogP contribution in [-0.4, -0.2) is 61.3 Å². The zero-order valence-corrected chi connectivity index (χ0v) is 15.2. The van der Waals surface area contributed by atoms with E-state index in [0.29, 0.717) is 25.7 Å². The first kappa shape index (κ1) is 18.7. The zero-order valence-electron chi connectivity index (χ0n) is 15.2. The van der Waals surface area contributed by atoms with Crippen molar-refractivity contribution in [2.24, 2.45) is 0 Å². The van der Waals surface area contributed by atoms with Crippen LogP contribution in [0.25, 0.3) is 0 Å². The normalized spacial score (nSPS) is 19.8. The highest BCUT2D eigenvalue weighted by atomic mass is 16.5. The van der Waals surface area contributed by atoms with Gasteiger partial charge in [-0.15, -0.1) is 0 Å². The van der Waals surface area contributed by atoms with Gasteiger partial charge in [0.25, 0.3) is 0 Å². The summed E-state index contributed by atoms with van der Waals surface area (Å²) in [6.07, 6.45) is 1.84. The van der Waals surface area contributed by atoms with Crippen molar-refractivity contribution >= 4 is 6.03 Å². The molecule has 0 saturated carbocycles. The molecular weight excluding hydrogens is 302 g/mol. The number of rotatable bonds is 6. The lowest BCUT2D eigenvalue weighted by atomic mass is 10.1. The zero-order chi connectivity index (χ0) is 17.4. The number of urea groups is 1. The maximum Gasteiger partial charge on any atom is 0.317 e. The largest absolute Gasteiger partial charge is 0.380 e. The second-order valence-corrected chi connectivity index (χ2v) is 6.71. The van der Waals surface area contributed by atoms with Crippen molar-refractivity contribution in [1.29, 1.82) is 0 Å². The fraction of sp³-hybridized carbons (Fsp3) is 0.632. The SMILES string of the molecule is C[C@H](CCNC(=O)N1CCOCC[C@H]1C)N(C)Cc1ccccc1. The number of nitrogens with one attached hydrogen (secondary N) is 1. The summed E-state index contributed by atoms with van der Waals surface area (Å²) in [5.74, 6) is 0. The summed E-state index contributed by atoms with van der Waals surface area (Å²) in [7, 11) is 2.13. The summed E-state index contributed by atoms with van der Waals surface area (Å²) in [4.78, 5) is 16.6. The van der Waals surface area contributed by atoms with Gasteiger partial charge in [-0.25, -0.2) is 4.79 Å². The van der Waals surface area contributed by atoms with Gasteiger partial charge in [0, 0.05) is 38.3 Å². The fourth-order valence-corrected chi connectivity index (χ4v) is 2.93. The van der Waals surface area contributed by atoms with E-state index in [-0.39, 0.29) is 12.1 Å². The third-order valence-corrected chi connectivity index (χ3v) is 4.81. The van der Waals surface area contributed by atoms with Gasteiger partial charge < -0.3 is 15.0 Å². The number of nitrogens with zero attached hydrogens (tertiary/aromatic N) is 2. The van der Waals surface area contributed by atoms with Gasteiger partial charge in [0.15, 0.2) is 0 Å². The minimum atomic E-state index is 0.0333. The molecule has 24 heavy (non-hydrogen) atoms. The van der Waals surface area contributed by atoms with E-state index in [2.05, 4.69) is 55.4 Å². The first-order valence-corrected chi connectivity index (χ1v) is 8.94. The molecule has 0 radical (unpaired) electrons. The maximum atomic E-state index is 12.3. The van der Waals surface area contributed by atoms with Crippen LogP contribution in [0.5, 0.6) is 0 Å². The fourth-order valence-electron chi connectivity index (χ4n) is 2.93. The average molecular weight is 333 g/mol. The van der Waals surface area contributed by atoms with Gasteiger partial charge in [-0.2, -0.15) is 0 Å². The molecule has 1 aliphatic heterocycles. The molecular formula is C19H31N3O2. The number of hydrogen-bond acceptors (Lipinski definition) is 3. The predicted molar refractivity (Wildman–Crippen MR) is 97.0 cm³/mol. The second kappa shape index (κ2) is 9.64. The quantitative estimate of drug-likeness (QED) is 0.870. The predicted octanol–water partition coefficient (Wildman–Crippen LogP) is 2.72. The van der Waals surface area contributed by atoms with Gasteiger partial charge in [-0.1, -0.05) is 30.3 Å². The van der Waals surface area contributed by atoms with Gasteiger partial charge in [0.2, 0.25) is 0 Å². The molecule has 2 rings (SSSR count). The molecule has 0 bridgehead atoms. The Bertz CT molecular complexity index is 495. The van der Waals surface area contributed by atoms with Crippen molar-refractivity contribution in [1.82, 2.24) is 15.1 Å². The van der Waals surface area contributed by atoms with Gasteiger partial charge in [-0.3, -0.25) is 4.90 Å². The first-order valence-electron chi connectivity index (χ1n) is 8.94. The summed E-state index contributed by atoms with van der Waals surface area (Å²) in [5.41, 5.74) is 1.31.